The van der Waals surface area contributed by atoms with E-state index in [0.29, 0.717) is 6.04 Å². The molecule has 3 aromatic rings. The molecule has 0 fully saturated rings. The summed E-state index contributed by atoms with van der Waals surface area (Å²) in [6.07, 6.45) is 3.46. The molecular formula is C23H29NPSi-. The molecule has 1 nitrogen and oxygen atoms in total. The van der Waals surface area contributed by atoms with E-state index in [1.54, 1.807) is 21.0 Å². The number of aryl methyl sites for hydroxylation is 3. The lowest BCUT2D eigenvalue weighted by Crippen LogP contribution is -2.65. The van der Waals surface area contributed by atoms with Gasteiger partial charge < -0.3 is 13.1 Å². The van der Waals surface area contributed by atoms with Crippen molar-refractivity contribution < 1.29 is 0 Å². The fourth-order valence-corrected chi connectivity index (χ4v) is 10.6. The quantitative estimate of drug-likeness (QED) is 0.455. The zero-order chi connectivity index (χ0) is 18.8. The van der Waals surface area contributed by atoms with Gasteiger partial charge in [-0.25, -0.2) is 0 Å². The summed E-state index contributed by atoms with van der Waals surface area (Å²) in [4.78, 5) is 0. The lowest BCUT2D eigenvalue weighted by Gasteiger charge is -2.45. The Morgan fingerprint density at radius 1 is 1.04 bits per heavy atom. The van der Waals surface area contributed by atoms with Crippen molar-refractivity contribution in [3.63, 3.8) is 0 Å². The number of hydrogen-bond acceptors (Lipinski definition) is 0. The van der Waals surface area contributed by atoms with Crippen molar-refractivity contribution in [3.05, 3.63) is 47.2 Å². The predicted octanol–water partition coefficient (Wildman–Crippen LogP) is 4.57. The van der Waals surface area contributed by atoms with Crippen LogP contribution in [-0.4, -0.2) is 12.6 Å². The Morgan fingerprint density at radius 2 is 1.73 bits per heavy atom. The number of benzene rings is 2. The van der Waals surface area contributed by atoms with Gasteiger partial charge >= 0.3 is 0 Å². The Balaban J connectivity index is 2.03. The van der Waals surface area contributed by atoms with Gasteiger partial charge in [-0.1, -0.05) is 59.2 Å². The van der Waals surface area contributed by atoms with Crippen LogP contribution < -0.4 is 21.0 Å². The van der Waals surface area contributed by atoms with E-state index in [4.69, 9.17) is 0 Å². The molecule has 0 radical (unpaired) electrons. The molecule has 2 aromatic carbocycles. The maximum atomic E-state index is 2.55. The molecule has 0 bridgehead atoms. The minimum Gasteiger partial charge on any atom is -0.472 e. The fraction of sp³-hybridized carbons (Fsp3) is 0.391. The van der Waals surface area contributed by atoms with E-state index >= 15 is 0 Å². The summed E-state index contributed by atoms with van der Waals surface area (Å²) in [7, 11) is -0.301. The molecule has 26 heavy (non-hydrogen) atoms. The van der Waals surface area contributed by atoms with Crippen LogP contribution in [0.1, 0.15) is 43.0 Å². The standard InChI is InChI=1S/C23H29NPSi/c1-8-16(4)24-10-9-18-17(5)23-21(13-19(18)24)26(6,7)20-12-14(2)11-15(3)22(20)25-23/h9-13,16H,8H2,1-7H3/q-1. The largest absolute Gasteiger partial charge is 0.472 e. The zero-order valence-corrected chi connectivity index (χ0v) is 19.0. The molecule has 1 unspecified atom stereocenters. The Labute approximate surface area is 160 Å². The van der Waals surface area contributed by atoms with Crippen LogP contribution >= 0.6 is 8.58 Å². The lowest BCUT2D eigenvalue weighted by atomic mass is 10.1. The highest BCUT2D eigenvalue weighted by Crippen LogP contribution is 2.29. The number of nitrogens with zero attached hydrogens (tertiary/aromatic N) is 1. The molecule has 1 aliphatic rings. The van der Waals surface area contributed by atoms with Crippen LogP contribution in [0, 0.1) is 20.8 Å². The maximum absolute atomic E-state index is 2.55. The van der Waals surface area contributed by atoms with Gasteiger partial charge in [-0.15, -0.1) is 0 Å². The molecular weight excluding hydrogens is 349 g/mol. The molecule has 4 rings (SSSR count). The first kappa shape index (κ1) is 18.0. The van der Waals surface area contributed by atoms with Crippen LogP contribution in [0.5, 0.6) is 0 Å². The van der Waals surface area contributed by atoms with Gasteiger partial charge in [0, 0.05) is 23.1 Å². The van der Waals surface area contributed by atoms with Crippen LogP contribution in [0.25, 0.3) is 10.9 Å². The molecule has 0 spiro atoms. The number of rotatable bonds is 2. The van der Waals surface area contributed by atoms with Crippen molar-refractivity contribution in [2.24, 2.45) is 0 Å². The van der Waals surface area contributed by atoms with Crippen LogP contribution in [0.15, 0.2) is 30.5 Å². The predicted molar refractivity (Wildman–Crippen MR) is 121 cm³/mol. The average molecular weight is 379 g/mol. The SMILES string of the molecule is CCC(C)n1ccc2c(C)c3c(cc21)[Si](C)(C)c1cc(C)cc(C)c1[P-]3. The van der Waals surface area contributed by atoms with Crippen molar-refractivity contribution in [3.8, 4) is 0 Å². The second kappa shape index (κ2) is 6.07. The second-order valence-electron chi connectivity index (χ2n) is 8.53. The molecule has 0 saturated heterocycles. The van der Waals surface area contributed by atoms with Crippen LogP contribution in [0.2, 0.25) is 13.1 Å². The highest BCUT2D eigenvalue weighted by molar-refractivity contribution is 7.58. The highest BCUT2D eigenvalue weighted by Gasteiger charge is 2.31. The summed E-state index contributed by atoms with van der Waals surface area (Å²) >= 11 is 0. The minimum atomic E-state index is -1.70. The minimum absolute atomic E-state index is 0.549. The van der Waals surface area contributed by atoms with E-state index in [2.05, 4.69) is 82.7 Å². The van der Waals surface area contributed by atoms with E-state index in [9.17, 15) is 0 Å². The first-order chi connectivity index (χ1) is 12.3. The summed E-state index contributed by atoms with van der Waals surface area (Å²) in [6.45, 7) is 16.6. The van der Waals surface area contributed by atoms with Crippen molar-refractivity contribution in [1.82, 2.24) is 4.57 Å². The van der Waals surface area contributed by atoms with Gasteiger partial charge in [0.1, 0.15) is 8.07 Å². The van der Waals surface area contributed by atoms with Crippen molar-refractivity contribution in [2.75, 3.05) is 0 Å². The molecule has 136 valence electrons. The van der Waals surface area contributed by atoms with E-state index in [1.807, 2.05) is 0 Å². The Morgan fingerprint density at radius 3 is 2.42 bits per heavy atom. The summed E-state index contributed by atoms with van der Waals surface area (Å²) in [5.74, 6) is 0. The smallest absolute Gasteiger partial charge is 0.106 e. The molecule has 1 aliphatic heterocycles. The molecule has 0 N–H and O–H groups in total. The zero-order valence-electron chi connectivity index (χ0n) is 17.1. The monoisotopic (exact) mass is 378 g/mol. The Hall–Kier alpha value is -1.37. The van der Waals surface area contributed by atoms with Crippen LogP contribution in [-0.2, 0) is 0 Å². The summed E-state index contributed by atoms with van der Waals surface area (Å²) in [5, 5.41) is 7.88. The van der Waals surface area contributed by atoms with E-state index < -0.39 is 8.07 Å². The molecule has 0 saturated carbocycles. The third-order valence-corrected chi connectivity index (χ3v) is 11.9. The molecule has 1 atom stereocenters. The fourth-order valence-electron chi connectivity index (χ4n) is 4.51. The Bertz CT molecular complexity index is 1030. The van der Waals surface area contributed by atoms with Gasteiger partial charge in [-0.2, -0.15) is 10.6 Å². The molecule has 0 aliphatic carbocycles. The molecule has 1 aromatic heterocycles. The van der Waals surface area contributed by atoms with Crippen LogP contribution in [0.4, 0.5) is 0 Å². The highest BCUT2D eigenvalue weighted by atomic mass is 31.1. The lowest BCUT2D eigenvalue weighted by molar-refractivity contribution is 0.548. The van der Waals surface area contributed by atoms with E-state index in [-0.39, 0.29) is 0 Å². The average Bonchev–Trinajstić information content (AvgIpc) is 3.01. The van der Waals surface area contributed by atoms with Gasteiger partial charge in [-0.3, -0.25) is 0 Å². The van der Waals surface area contributed by atoms with E-state index in [1.165, 1.54) is 42.6 Å². The van der Waals surface area contributed by atoms with Gasteiger partial charge in [0.15, 0.2) is 0 Å². The van der Waals surface area contributed by atoms with Gasteiger partial charge in [-0.05, 0) is 46.2 Å². The van der Waals surface area contributed by atoms with Crippen molar-refractivity contribution >= 4 is 48.5 Å². The normalized spacial score (nSPS) is 17.3. The van der Waals surface area contributed by atoms with Crippen molar-refractivity contribution in [2.45, 2.75) is 60.2 Å². The Kier molecular flexibility index (Phi) is 4.21. The van der Waals surface area contributed by atoms with Crippen LogP contribution in [0.3, 0.4) is 0 Å². The number of aromatic nitrogens is 1. The third-order valence-electron chi connectivity index (χ3n) is 6.33. The first-order valence-electron chi connectivity index (χ1n) is 9.73. The van der Waals surface area contributed by atoms with E-state index in [0.717, 1.165) is 0 Å². The van der Waals surface area contributed by atoms with Crippen molar-refractivity contribution in [1.29, 1.82) is 0 Å². The summed E-state index contributed by atoms with van der Waals surface area (Å²) in [6, 6.07) is 10.3. The third kappa shape index (κ3) is 2.46. The van der Waals surface area contributed by atoms with Gasteiger partial charge in [0.05, 0.1) is 0 Å². The van der Waals surface area contributed by atoms with Gasteiger partial charge in [0.2, 0.25) is 0 Å². The topological polar surface area (TPSA) is 4.93 Å². The summed E-state index contributed by atoms with van der Waals surface area (Å²) < 4.78 is 2.49. The molecule has 0 amide bonds. The summed E-state index contributed by atoms with van der Waals surface area (Å²) in [5.41, 5.74) is 5.79. The molecule has 3 heteroatoms. The first-order valence-corrected chi connectivity index (χ1v) is 13.6. The van der Waals surface area contributed by atoms with Gasteiger partial charge in [0.25, 0.3) is 0 Å². The molecule has 2 heterocycles. The second-order valence-corrected chi connectivity index (χ2v) is 14.0. The number of fused-ring (bicyclic) bond motifs is 3. The maximum Gasteiger partial charge on any atom is 0.106 e. The number of hydrogen-bond donors (Lipinski definition) is 0.